The molecule has 1 atom stereocenters. The van der Waals surface area contributed by atoms with Crippen LogP contribution >= 0.6 is 11.8 Å². The van der Waals surface area contributed by atoms with Crippen LogP contribution in [-0.4, -0.2) is 30.6 Å². The number of methoxy groups -OCH3 is 1. The minimum Gasteiger partial charge on any atom is -0.468 e. The lowest BCUT2D eigenvalue weighted by Crippen LogP contribution is -2.33. The van der Waals surface area contributed by atoms with E-state index in [4.69, 9.17) is 11.0 Å². The number of thioether (sulfide) groups is 1. The Balaban J connectivity index is 0. The van der Waals surface area contributed by atoms with Gasteiger partial charge in [-0.1, -0.05) is 64.7 Å². The number of carbonyl (C=O) groups is 1. The molecule has 0 aliphatic carbocycles. The van der Waals surface area contributed by atoms with E-state index in [0.29, 0.717) is 5.75 Å². The standard InChI is InChI=1S/C16H33NO2S.CHN/c1-3-4-5-6-7-8-9-10-11-12-13-20-14-15(17)16(18)19-2;1-2/h15H,3-14,17H2,1-2H3;1H. The zero-order valence-corrected chi connectivity index (χ0v) is 15.2. The number of hydrogen-bond donors (Lipinski definition) is 1. The number of nitrogens with two attached hydrogens (primary N) is 1. The summed E-state index contributed by atoms with van der Waals surface area (Å²) < 4.78 is 4.59. The average molecular weight is 331 g/mol. The van der Waals surface area contributed by atoms with E-state index >= 15 is 0 Å². The molecule has 5 heteroatoms. The molecule has 0 heterocycles. The van der Waals surface area contributed by atoms with Gasteiger partial charge in [0.15, 0.2) is 0 Å². The average Bonchev–Trinajstić information content (AvgIpc) is 2.56. The molecule has 0 saturated carbocycles. The summed E-state index contributed by atoms with van der Waals surface area (Å²) in [6.07, 6.45) is 13.6. The number of hydrogen-bond acceptors (Lipinski definition) is 5. The lowest BCUT2D eigenvalue weighted by molar-refractivity contribution is -0.141. The van der Waals surface area contributed by atoms with E-state index in [2.05, 4.69) is 18.2 Å². The maximum absolute atomic E-state index is 11.1. The normalized spacial score (nSPS) is 11.3. The Labute approximate surface area is 141 Å². The van der Waals surface area contributed by atoms with E-state index in [1.54, 1.807) is 11.8 Å². The molecule has 0 spiro atoms. The van der Waals surface area contributed by atoms with Crippen LogP contribution in [0, 0.1) is 11.8 Å². The second-order valence-electron chi connectivity index (χ2n) is 5.39. The molecule has 22 heavy (non-hydrogen) atoms. The fraction of sp³-hybridized carbons (Fsp3) is 0.882. The molecule has 130 valence electrons. The fourth-order valence-electron chi connectivity index (χ4n) is 2.12. The van der Waals surface area contributed by atoms with Crippen LogP contribution in [-0.2, 0) is 9.53 Å². The van der Waals surface area contributed by atoms with Gasteiger partial charge in [-0.05, 0) is 12.2 Å². The van der Waals surface area contributed by atoms with Crippen molar-refractivity contribution < 1.29 is 9.53 Å². The van der Waals surface area contributed by atoms with Crippen LogP contribution in [0.15, 0.2) is 0 Å². The Morgan fingerprint density at radius 3 is 1.95 bits per heavy atom. The quantitative estimate of drug-likeness (QED) is 0.380. The molecule has 0 radical (unpaired) electrons. The highest BCUT2D eigenvalue weighted by molar-refractivity contribution is 7.99. The van der Waals surface area contributed by atoms with Crippen molar-refractivity contribution in [3.05, 3.63) is 0 Å². The smallest absolute Gasteiger partial charge is 0.323 e. The van der Waals surface area contributed by atoms with Crippen molar-refractivity contribution in [1.82, 2.24) is 0 Å². The van der Waals surface area contributed by atoms with Crippen molar-refractivity contribution in [2.24, 2.45) is 5.73 Å². The van der Waals surface area contributed by atoms with Gasteiger partial charge in [-0.2, -0.15) is 11.8 Å². The molecular weight excluding hydrogens is 296 g/mol. The van der Waals surface area contributed by atoms with Gasteiger partial charge in [-0.25, -0.2) is 5.26 Å². The predicted molar refractivity (Wildman–Crippen MR) is 95.8 cm³/mol. The molecule has 0 bridgehead atoms. The summed E-state index contributed by atoms with van der Waals surface area (Å²) in [5.41, 5.74) is 5.66. The molecule has 0 rings (SSSR count). The molecule has 0 fully saturated rings. The van der Waals surface area contributed by atoms with Crippen LogP contribution in [0.1, 0.15) is 71.1 Å². The highest BCUT2D eigenvalue weighted by atomic mass is 32.2. The lowest BCUT2D eigenvalue weighted by Gasteiger charge is -2.08. The topological polar surface area (TPSA) is 76.1 Å². The fourth-order valence-corrected chi connectivity index (χ4v) is 3.09. The maximum Gasteiger partial charge on any atom is 0.323 e. The predicted octanol–water partition coefficient (Wildman–Crippen LogP) is 4.28. The molecule has 0 aliphatic rings. The third kappa shape index (κ3) is 17.3. The Hall–Kier alpha value is -0.730. The number of ether oxygens (including phenoxy) is 1. The molecule has 0 aromatic rings. The first-order valence-electron chi connectivity index (χ1n) is 8.39. The van der Waals surface area contributed by atoms with Gasteiger partial charge in [-0.15, -0.1) is 0 Å². The first-order chi connectivity index (χ1) is 10.7. The maximum atomic E-state index is 11.1. The zero-order chi connectivity index (χ0) is 17.1. The van der Waals surface area contributed by atoms with Gasteiger partial charge in [0.1, 0.15) is 6.04 Å². The van der Waals surface area contributed by atoms with Gasteiger partial charge in [0.2, 0.25) is 0 Å². The molecule has 4 nitrogen and oxygen atoms in total. The summed E-state index contributed by atoms with van der Waals surface area (Å²) in [5.74, 6) is 1.46. The van der Waals surface area contributed by atoms with E-state index < -0.39 is 6.04 Å². The van der Waals surface area contributed by atoms with Crippen molar-refractivity contribution in [3.63, 3.8) is 0 Å². The van der Waals surface area contributed by atoms with Crippen LogP contribution in [0.2, 0.25) is 0 Å². The van der Waals surface area contributed by atoms with Crippen LogP contribution in [0.4, 0.5) is 0 Å². The minimum absolute atomic E-state index is 0.305. The highest BCUT2D eigenvalue weighted by Crippen LogP contribution is 2.12. The third-order valence-electron chi connectivity index (χ3n) is 3.44. The number of rotatable bonds is 14. The van der Waals surface area contributed by atoms with Crippen LogP contribution in [0.3, 0.4) is 0 Å². The van der Waals surface area contributed by atoms with Crippen molar-refractivity contribution in [1.29, 1.82) is 5.26 Å². The van der Waals surface area contributed by atoms with Gasteiger partial charge < -0.3 is 10.5 Å². The number of nitrogens with zero attached hydrogens (tertiary/aromatic N) is 1. The van der Waals surface area contributed by atoms with E-state index in [9.17, 15) is 4.79 Å². The zero-order valence-electron chi connectivity index (χ0n) is 14.4. The van der Waals surface area contributed by atoms with Gasteiger partial charge in [0.05, 0.1) is 7.11 Å². The first kappa shape index (κ1) is 23.5. The molecule has 0 aromatic carbocycles. The van der Waals surface area contributed by atoms with Gasteiger partial charge in [-0.3, -0.25) is 4.79 Å². The summed E-state index contributed by atoms with van der Waals surface area (Å²) in [5, 5.41) is 6.50. The lowest BCUT2D eigenvalue weighted by atomic mass is 10.1. The highest BCUT2D eigenvalue weighted by Gasteiger charge is 2.12. The number of carbonyl (C=O) groups excluding carboxylic acids is 1. The molecule has 0 aliphatic heterocycles. The van der Waals surface area contributed by atoms with E-state index in [1.165, 1.54) is 71.3 Å². The van der Waals surface area contributed by atoms with Crippen molar-refractivity contribution in [2.45, 2.75) is 77.2 Å². The Morgan fingerprint density at radius 2 is 1.50 bits per heavy atom. The Morgan fingerprint density at radius 1 is 1.05 bits per heavy atom. The monoisotopic (exact) mass is 330 g/mol. The molecule has 0 aromatic heterocycles. The van der Waals surface area contributed by atoms with Gasteiger partial charge in [0.25, 0.3) is 0 Å². The van der Waals surface area contributed by atoms with Crippen molar-refractivity contribution >= 4 is 17.7 Å². The molecule has 0 saturated heterocycles. The largest absolute Gasteiger partial charge is 0.468 e. The molecule has 2 N–H and O–H groups in total. The summed E-state index contributed by atoms with van der Waals surface area (Å²) in [7, 11) is 1.38. The van der Waals surface area contributed by atoms with E-state index in [0.717, 1.165) is 5.75 Å². The summed E-state index contributed by atoms with van der Waals surface area (Å²) in [4.78, 5) is 11.1. The van der Waals surface area contributed by atoms with Crippen LogP contribution in [0.5, 0.6) is 0 Å². The summed E-state index contributed by atoms with van der Waals surface area (Å²) >= 11 is 1.76. The summed E-state index contributed by atoms with van der Waals surface area (Å²) in [6, 6.07) is -0.465. The molecular formula is C17H34N2O2S. The van der Waals surface area contributed by atoms with Crippen LogP contribution in [0.25, 0.3) is 0 Å². The number of unbranched alkanes of at least 4 members (excludes halogenated alkanes) is 9. The van der Waals surface area contributed by atoms with Crippen molar-refractivity contribution in [2.75, 3.05) is 18.6 Å². The van der Waals surface area contributed by atoms with E-state index in [1.807, 2.05) is 0 Å². The third-order valence-corrected chi connectivity index (χ3v) is 4.62. The second kappa shape index (κ2) is 20.3. The van der Waals surface area contributed by atoms with Gasteiger partial charge in [0, 0.05) is 12.3 Å². The van der Waals surface area contributed by atoms with E-state index in [-0.39, 0.29) is 5.97 Å². The van der Waals surface area contributed by atoms with Crippen molar-refractivity contribution in [3.8, 4) is 6.57 Å². The molecule has 0 amide bonds. The molecule has 1 unspecified atom stereocenters. The Bertz CT molecular complexity index is 260. The first-order valence-corrected chi connectivity index (χ1v) is 9.54. The number of esters is 1. The SMILES string of the molecule is C#N.CCCCCCCCCCCCSCC(N)C(=O)OC. The summed E-state index contributed by atoms with van der Waals surface area (Å²) in [6.45, 7) is 5.76. The van der Waals surface area contributed by atoms with Crippen LogP contribution < -0.4 is 5.73 Å². The van der Waals surface area contributed by atoms with Gasteiger partial charge >= 0.3 is 5.97 Å². The second-order valence-corrected chi connectivity index (χ2v) is 6.54. The Kier molecular flexibility index (Phi) is 21.7. The minimum atomic E-state index is -0.465. The number of nitriles is 1.